The van der Waals surface area contributed by atoms with Crippen LogP contribution in [-0.2, 0) is 4.79 Å². The van der Waals surface area contributed by atoms with Gasteiger partial charge >= 0.3 is 6.18 Å². The normalized spacial score (nSPS) is 23.9. The number of halogens is 4. The van der Waals surface area contributed by atoms with Crippen LogP contribution in [0.5, 0.6) is 0 Å². The van der Waals surface area contributed by atoms with Crippen LogP contribution in [0.25, 0.3) is 0 Å². The van der Waals surface area contributed by atoms with E-state index in [4.69, 9.17) is 0 Å². The zero-order valence-corrected chi connectivity index (χ0v) is 11.1. The summed E-state index contributed by atoms with van der Waals surface area (Å²) in [5.41, 5.74) is -0.110. The van der Waals surface area contributed by atoms with E-state index in [0.717, 1.165) is 0 Å². The molecule has 1 aliphatic carbocycles. The molecule has 1 aliphatic heterocycles. The Bertz CT molecular complexity index is 551. The van der Waals surface area contributed by atoms with Gasteiger partial charge in [-0.25, -0.2) is 4.39 Å². The summed E-state index contributed by atoms with van der Waals surface area (Å²) < 4.78 is 50.2. The fraction of sp³-hybridized carbons (Fsp3) is 0.500. The Morgan fingerprint density at radius 1 is 1.24 bits per heavy atom. The Morgan fingerprint density at radius 3 is 2.38 bits per heavy atom. The first-order valence-corrected chi connectivity index (χ1v) is 6.72. The second kappa shape index (κ2) is 4.69. The minimum Gasteiger partial charge on any atom is -0.321 e. The fourth-order valence-electron chi connectivity index (χ4n) is 2.66. The zero-order chi connectivity index (χ0) is 15.3. The number of rotatable bonds is 3. The molecule has 2 fully saturated rings. The lowest BCUT2D eigenvalue weighted by Gasteiger charge is -2.25. The molecule has 1 saturated carbocycles. The minimum atomic E-state index is -4.31. The third-order valence-electron chi connectivity index (χ3n) is 3.97. The second-order valence-electron chi connectivity index (χ2n) is 5.54. The van der Waals surface area contributed by atoms with Gasteiger partial charge in [-0.2, -0.15) is 13.2 Å². The van der Waals surface area contributed by atoms with E-state index in [2.05, 4.69) is 5.32 Å². The molecule has 1 spiro atoms. The van der Waals surface area contributed by atoms with Crippen LogP contribution in [0.3, 0.4) is 0 Å². The molecule has 0 radical (unpaired) electrons. The lowest BCUT2D eigenvalue weighted by molar-refractivity contribution is -0.145. The standard InChI is InChI=1S/C14H14F4N2O/c15-10-3-1-9(2-4-10)11-19-13(5-6-13)12(21)20(11)8-7-14(16,17)18/h1-4,11,19H,5-8H2. The lowest BCUT2D eigenvalue weighted by Crippen LogP contribution is -2.34. The summed E-state index contributed by atoms with van der Waals surface area (Å²) >= 11 is 0. The Balaban J connectivity index is 1.82. The summed E-state index contributed by atoms with van der Waals surface area (Å²) in [5.74, 6) is -0.716. The number of alkyl halides is 3. The first-order chi connectivity index (χ1) is 9.81. The van der Waals surface area contributed by atoms with Crippen molar-refractivity contribution in [3.63, 3.8) is 0 Å². The van der Waals surface area contributed by atoms with Crippen LogP contribution >= 0.6 is 0 Å². The number of benzene rings is 1. The number of nitrogens with zero attached hydrogens (tertiary/aromatic N) is 1. The molecule has 1 saturated heterocycles. The van der Waals surface area contributed by atoms with Crippen molar-refractivity contribution < 1.29 is 22.4 Å². The predicted octanol–water partition coefficient (Wildman–Crippen LogP) is 2.74. The number of carbonyl (C=O) groups is 1. The number of hydrogen-bond acceptors (Lipinski definition) is 2. The highest BCUT2D eigenvalue weighted by molar-refractivity contribution is 5.92. The average molecular weight is 302 g/mol. The molecule has 2 aliphatic rings. The zero-order valence-electron chi connectivity index (χ0n) is 11.1. The monoisotopic (exact) mass is 302 g/mol. The first kappa shape index (κ1) is 14.3. The summed E-state index contributed by atoms with van der Waals surface area (Å²) in [5, 5.41) is 3.10. The van der Waals surface area contributed by atoms with E-state index in [1.807, 2.05) is 0 Å². The van der Waals surface area contributed by atoms with Crippen LogP contribution in [0, 0.1) is 5.82 Å². The van der Waals surface area contributed by atoms with Crippen molar-refractivity contribution in [2.45, 2.75) is 37.1 Å². The topological polar surface area (TPSA) is 32.3 Å². The van der Waals surface area contributed by atoms with Crippen molar-refractivity contribution in [1.82, 2.24) is 10.2 Å². The van der Waals surface area contributed by atoms with Gasteiger partial charge in [0.15, 0.2) is 0 Å². The Labute approximate surface area is 118 Å². The molecule has 1 unspecified atom stereocenters. The van der Waals surface area contributed by atoms with Gasteiger partial charge in [0.1, 0.15) is 17.5 Å². The Morgan fingerprint density at radius 2 is 1.86 bits per heavy atom. The van der Waals surface area contributed by atoms with Gasteiger partial charge in [0.25, 0.3) is 0 Å². The van der Waals surface area contributed by atoms with Crippen LogP contribution in [-0.4, -0.2) is 29.1 Å². The summed E-state index contributed by atoms with van der Waals surface area (Å²) in [7, 11) is 0. The van der Waals surface area contributed by atoms with Gasteiger partial charge in [0.2, 0.25) is 5.91 Å². The van der Waals surface area contributed by atoms with Crippen molar-refractivity contribution in [2.24, 2.45) is 0 Å². The van der Waals surface area contributed by atoms with Gasteiger partial charge in [-0.15, -0.1) is 0 Å². The molecule has 0 aromatic heterocycles. The molecular formula is C14H14F4N2O. The second-order valence-corrected chi connectivity index (χ2v) is 5.54. The number of nitrogens with one attached hydrogen (secondary N) is 1. The van der Waals surface area contributed by atoms with Crippen LogP contribution in [0.15, 0.2) is 24.3 Å². The van der Waals surface area contributed by atoms with Crippen molar-refractivity contribution >= 4 is 5.91 Å². The summed E-state index contributed by atoms with van der Waals surface area (Å²) in [6.07, 6.45) is -4.72. The molecule has 21 heavy (non-hydrogen) atoms. The molecule has 3 rings (SSSR count). The van der Waals surface area contributed by atoms with Gasteiger partial charge in [0, 0.05) is 6.54 Å². The maximum atomic E-state index is 13.0. The molecule has 114 valence electrons. The smallest absolute Gasteiger partial charge is 0.321 e. The van der Waals surface area contributed by atoms with Gasteiger partial charge in [0.05, 0.1) is 6.42 Å². The quantitative estimate of drug-likeness (QED) is 0.871. The highest BCUT2D eigenvalue weighted by Gasteiger charge is 2.59. The van der Waals surface area contributed by atoms with Crippen molar-refractivity contribution in [1.29, 1.82) is 0 Å². The van der Waals surface area contributed by atoms with E-state index >= 15 is 0 Å². The van der Waals surface area contributed by atoms with Crippen LogP contribution in [0.2, 0.25) is 0 Å². The van der Waals surface area contributed by atoms with E-state index in [9.17, 15) is 22.4 Å². The van der Waals surface area contributed by atoms with E-state index in [0.29, 0.717) is 18.4 Å². The van der Waals surface area contributed by atoms with Gasteiger partial charge in [-0.3, -0.25) is 10.1 Å². The van der Waals surface area contributed by atoms with Crippen LogP contribution in [0.1, 0.15) is 31.0 Å². The molecule has 1 aromatic rings. The number of carbonyl (C=O) groups excluding carboxylic acids is 1. The molecule has 0 bridgehead atoms. The van der Waals surface area contributed by atoms with Gasteiger partial charge in [-0.05, 0) is 30.5 Å². The molecule has 1 heterocycles. The number of amides is 1. The molecule has 1 N–H and O–H groups in total. The molecule has 1 amide bonds. The van der Waals surface area contributed by atoms with Crippen molar-refractivity contribution in [2.75, 3.05) is 6.54 Å². The molecule has 1 atom stereocenters. The van der Waals surface area contributed by atoms with E-state index in [1.165, 1.54) is 29.2 Å². The van der Waals surface area contributed by atoms with E-state index < -0.39 is 30.1 Å². The molecule has 1 aromatic carbocycles. The van der Waals surface area contributed by atoms with Crippen molar-refractivity contribution in [3.05, 3.63) is 35.6 Å². The van der Waals surface area contributed by atoms with E-state index in [-0.39, 0.29) is 12.5 Å². The summed E-state index contributed by atoms with van der Waals surface area (Å²) in [4.78, 5) is 13.5. The van der Waals surface area contributed by atoms with Gasteiger partial charge < -0.3 is 4.90 Å². The Hall–Kier alpha value is -1.63. The fourth-order valence-corrected chi connectivity index (χ4v) is 2.66. The van der Waals surface area contributed by atoms with Crippen LogP contribution < -0.4 is 5.32 Å². The highest BCUT2D eigenvalue weighted by atomic mass is 19.4. The number of hydrogen-bond donors (Lipinski definition) is 1. The van der Waals surface area contributed by atoms with Gasteiger partial charge in [-0.1, -0.05) is 12.1 Å². The third kappa shape index (κ3) is 2.74. The van der Waals surface area contributed by atoms with Crippen molar-refractivity contribution in [3.8, 4) is 0 Å². The molecular weight excluding hydrogens is 288 g/mol. The molecule has 7 heteroatoms. The molecule has 3 nitrogen and oxygen atoms in total. The minimum absolute atomic E-state index is 0.291. The first-order valence-electron chi connectivity index (χ1n) is 6.72. The third-order valence-corrected chi connectivity index (χ3v) is 3.97. The largest absolute Gasteiger partial charge is 0.390 e. The predicted molar refractivity (Wildman–Crippen MR) is 66.6 cm³/mol. The maximum Gasteiger partial charge on any atom is 0.390 e. The Kier molecular flexibility index (Phi) is 3.20. The van der Waals surface area contributed by atoms with Crippen LogP contribution in [0.4, 0.5) is 17.6 Å². The SMILES string of the molecule is O=C1N(CCC(F)(F)F)C(c2ccc(F)cc2)NC12CC2. The highest BCUT2D eigenvalue weighted by Crippen LogP contribution is 2.46. The summed E-state index contributed by atoms with van der Waals surface area (Å²) in [6.45, 7) is -0.390. The average Bonchev–Trinajstić information content (AvgIpc) is 3.12. The maximum absolute atomic E-state index is 13.0. The lowest BCUT2D eigenvalue weighted by atomic mass is 10.1. The summed E-state index contributed by atoms with van der Waals surface area (Å²) in [6, 6.07) is 5.45. The van der Waals surface area contributed by atoms with E-state index in [1.54, 1.807) is 0 Å².